The number of aliphatic hydroxyl groups is 1. The fourth-order valence-electron chi connectivity index (χ4n) is 3.37. The second kappa shape index (κ2) is 9.73. The number of para-hydroxylation sites is 2. The molecule has 0 fully saturated rings. The van der Waals surface area contributed by atoms with Crippen molar-refractivity contribution in [2.24, 2.45) is 5.92 Å². The van der Waals surface area contributed by atoms with E-state index in [1.165, 1.54) is 6.07 Å². The Labute approximate surface area is 168 Å². The number of aromatic hydroxyl groups is 1. The molecule has 6 nitrogen and oxygen atoms in total. The maximum absolute atomic E-state index is 12.8. The monoisotopic (exact) mass is 403 g/mol. The van der Waals surface area contributed by atoms with Gasteiger partial charge in [0.15, 0.2) is 5.76 Å². The van der Waals surface area contributed by atoms with Gasteiger partial charge in [0.1, 0.15) is 5.75 Å². The van der Waals surface area contributed by atoms with Crippen molar-refractivity contribution in [3.63, 3.8) is 0 Å². The number of ether oxygens (including phenoxy) is 2. The average molecular weight is 404 g/mol. The van der Waals surface area contributed by atoms with Crippen molar-refractivity contribution < 1.29 is 24.5 Å². The normalized spacial score (nSPS) is 21.6. The highest BCUT2D eigenvalue weighted by Gasteiger charge is 2.38. The number of amides is 1. The number of phenols is 1. The molecular formula is C21H25NO5S. The highest BCUT2D eigenvalue weighted by molar-refractivity contribution is 7.08. The van der Waals surface area contributed by atoms with Gasteiger partial charge in [-0.25, -0.2) is 0 Å². The van der Waals surface area contributed by atoms with Crippen LogP contribution in [0.4, 0.5) is 5.69 Å². The van der Waals surface area contributed by atoms with Crippen LogP contribution in [0.15, 0.2) is 52.9 Å². The fourth-order valence-corrected chi connectivity index (χ4v) is 4.08. The second-order valence-electron chi connectivity index (χ2n) is 6.56. The first-order valence-corrected chi connectivity index (χ1v) is 10.3. The second-order valence-corrected chi connectivity index (χ2v) is 7.34. The van der Waals surface area contributed by atoms with Crippen LogP contribution < -0.4 is 5.32 Å². The molecule has 0 saturated heterocycles. The van der Waals surface area contributed by atoms with Crippen LogP contribution >= 0.6 is 11.3 Å². The van der Waals surface area contributed by atoms with E-state index in [-0.39, 0.29) is 30.0 Å². The smallest absolute Gasteiger partial charge is 0.290 e. The summed E-state index contributed by atoms with van der Waals surface area (Å²) < 4.78 is 11.7. The Morgan fingerprint density at radius 2 is 2.14 bits per heavy atom. The predicted molar refractivity (Wildman–Crippen MR) is 108 cm³/mol. The van der Waals surface area contributed by atoms with Gasteiger partial charge < -0.3 is 25.0 Å². The van der Waals surface area contributed by atoms with E-state index in [1.807, 2.05) is 24.4 Å². The number of nitrogens with one attached hydrogen (secondary N) is 1. The Balaban J connectivity index is 1.89. The minimum absolute atomic E-state index is 0.0103. The molecule has 1 aromatic carbocycles. The molecule has 1 aliphatic heterocycles. The standard InChI is InChI=1S/C21H25NO5S/c1-2-26-21-15(6-5-10-23)16(14-9-11-28-13-14)12-19(27-21)20(25)22-17-7-3-4-8-18(17)24/h3-4,7-9,11-13,15-16,21,23-24H,2,5-6,10H2,1H3,(H,22,25). The minimum atomic E-state index is -0.587. The Hall–Kier alpha value is -2.35. The van der Waals surface area contributed by atoms with Gasteiger partial charge in [-0.2, -0.15) is 11.3 Å². The largest absolute Gasteiger partial charge is 0.506 e. The Morgan fingerprint density at radius 3 is 2.82 bits per heavy atom. The summed E-state index contributed by atoms with van der Waals surface area (Å²) in [6.45, 7) is 2.42. The molecule has 1 aliphatic rings. The Bertz CT molecular complexity index is 805. The maximum Gasteiger partial charge on any atom is 0.290 e. The molecule has 0 spiro atoms. The number of allylic oxidation sites excluding steroid dienone is 1. The molecule has 1 amide bonds. The van der Waals surface area contributed by atoms with Crippen LogP contribution in [0.1, 0.15) is 31.2 Å². The molecule has 3 atom stereocenters. The van der Waals surface area contributed by atoms with Gasteiger partial charge >= 0.3 is 0 Å². The molecule has 3 unspecified atom stereocenters. The zero-order chi connectivity index (χ0) is 19.9. The number of anilines is 1. The molecule has 0 bridgehead atoms. The van der Waals surface area contributed by atoms with Gasteiger partial charge in [-0.15, -0.1) is 0 Å². The van der Waals surface area contributed by atoms with Gasteiger partial charge in [-0.05, 0) is 60.4 Å². The fraction of sp³-hybridized carbons (Fsp3) is 0.381. The molecule has 2 aromatic rings. The summed E-state index contributed by atoms with van der Waals surface area (Å²) in [4.78, 5) is 12.8. The number of aliphatic hydroxyl groups excluding tert-OH is 1. The van der Waals surface area contributed by atoms with E-state index in [4.69, 9.17) is 9.47 Å². The third kappa shape index (κ3) is 4.73. The van der Waals surface area contributed by atoms with Gasteiger partial charge in [-0.3, -0.25) is 4.79 Å². The zero-order valence-electron chi connectivity index (χ0n) is 15.7. The molecule has 3 rings (SSSR count). The predicted octanol–water partition coefficient (Wildman–Crippen LogP) is 3.84. The molecule has 2 heterocycles. The van der Waals surface area contributed by atoms with E-state index >= 15 is 0 Å². The van der Waals surface area contributed by atoms with E-state index in [0.29, 0.717) is 25.1 Å². The molecule has 0 radical (unpaired) electrons. The van der Waals surface area contributed by atoms with Crippen molar-refractivity contribution in [2.45, 2.75) is 32.0 Å². The Kier molecular flexibility index (Phi) is 7.08. The topological polar surface area (TPSA) is 88.0 Å². The summed E-state index contributed by atoms with van der Waals surface area (Å²) in [5.41, 5.74) is 1.41. The number of benzene rings is 1. The van der Waals surface area contributed by atoms with Gasteiger partial charge in [0, 0.05) is 25.0 Å². The van der Waals surface area contributed by atoms with Crippen molar-refractivity contribution in [3.05, 3.63) is 58.5 Å². The van der Waals surface area contributed by atoms with Crippen LogP contribution in [-0.2, 0) is 14.3 Å². The number of carbonyl (C=O) groups excluding carboxylic acids is 1. The highest BCUT2D eigenvalue weighted by Crippen LogP contribution is 2.40. The molecule has 1 aromatic heterocycles. The van der Waals surface area contributed by atoms with Crippen LogP contribution in [0.2, 0.25) is 0 Å². The molecule has 0 aliphatic carbocycles. The number of phenolic OH excluding ortho intramolecular Hbond substituents is 1. The summed E-state index contributed by atoms with van der Waals surface area (Å²) in [5.74, 6) is -0.356. The third-order valence-corrected chi connectivity index (χ3v) is 5.42. The van der Waals surface area contributed by atoms with E-state index in [9.17, 15) is 15.0 Å². The van der Waals surface area contributed by atoms with E-state index < -0.39 is 12.2 Å². The number of thiophene rings is 1. The number of rotatable bonds is 8. The molecule has 7 heteroatoms. The number of hydrogen-bond donors (Lipinski definition) is 3. The summed E-state index contributed by atoms with van der Waals surface area (Å²) >= 11 is 1.59. The lowest BCUT2D eigenvalue weighted by Gasteiger charge is -2.36. The number of hydrogen-bond acceptors (Lipinski definition) is 6. The van der Waals surface area contributed by atoms with Crippen LogP contribution in [0, 0.1) is 5.92 Å². The van der Waals surface area contributed by atoms with Gasteiger partial charge in [0.25, 0.3) is 5.91 Å². The van der Waals surface area contributed by atoms with Crippen molar-refractivity contribution in [1.82, 2.24) is 0 Å². The molecule has 28 heavy (non-hydrogen) atoms. The quantitative estimate of drug-likeness (QED) is 0.583. The lowest BCUT2D eigenvalue weighted by Crippen LogP contribution is -2.37. The summed E-state index contributed by atoms with van der Waals surface area (Å²) in [7, 11) is 0. The van der Waals surface area contributed by atoms with Crippen LogP contribution in [-0.4, -0.2) is 35.6 Å². The van der Waals surface area contributed by atoms with Gasteiger partial charge in [-0.1, -0.05) is 12.1 Å². The lowest BCUT2D eigenvalue weighted by molar-refractivity contribution is -0.164. The molecule has 0 saturated carbocycles. The van der Waals surface area contributed by atoms with Gasteiger partial charge in [0.05, 0.1) is 5.69 Å². The van der Waals surface area contributed by atoms with E-state index in [2.05, 4.69) is 10.7 Å². The zero-order valence-corrected chi connectivity index (χ0v) is 16.5. The van der Waals surface area contributed by atoms with Crippen molar-refractivity contribution in [1.29, 1.82) is 0 Å². The average Bonchev–Trinajstić information content (AvgIpc) is 3.23. The lowest BCUT2D eigenvalue weighted by atomic mass is 9.81. The number of carbonyl (C=O) groups is 1. The van der Waals surface area contributed by atoms with Crippen LogP contribution in [0.3, 0.4) is 0 Å². The molecular weight excluding hydrogens is 378 g/mol. The van der Waals surface area contributed by atoms with E-state index in [1.54, 1.807) is 29.5 Å². The van der Waals surface area contributed by atoms with E-state index in [0.717, 1.165) is 5.56 Å². The third-order valence-electron chi connectivity index (χ3n) is 4.72. The molecule has 150 valence electrons. The summed E-state index contributed by atoms with van der Waals surface area (Å²) in [6.07, 6.45) is 2.57. The van der Waals surface area contributed by atoms with Crippen molar-refractivity contribution in [3.8, 4) is 5.75 Å². The Morgan fingerprint density at radius 1 is 1.32 bits per heavy atom. The summed E-state index contributed by atoms with van der Waals surface area (Å²) in [6, 6.07) is 8.58. The minimum Gasteiger partial charge on any atom is -0.506 e. The van der Waals surface area contributed by atoms with Crippen molar-refractivity contribution in [2.75, 3.05) is 18.5 Å². The maximum atomic E-state index is 12.8. The summed E-state index contributed by atoms with van der Waals surface area (Å²) in [5, 5.41) is 25.9. The van der Waals surface area contributed by atoms with Crippen molar-refractivity contribution >= 4 is 22.9 Å². The first kappa shape index (κ1) is 20.4. The van der Waals surface area contributed by atoms with Crippen LogP contribution in [0.5, 0.6) is 5.75 Å². The SMILES string of the molecule is CCOC1OC(C(=O)Nc2ccccc2O)=CC(c2ccsc2)C1CCCO. The highest BCUT2D eigenvalue weighted by atomic mass is 32.1. The van der Waals surface area contributed by atoms with Gasteiger partial charge in [0.2, 0.25) is 6.29 Å². The first-order valence-electron chi connectivity index (χ1n) is 9.36. The first-order chi connectivity index (χ1) is 13.6. The van der Waals surface area contributed by atoms with Crippen LogP contribution in [0.25, 0.3) is 0 Å². The molecule has 3 N–H and O–H groups in total.